The van der Waals surface area contributed by atoms with Crippen molar-refractivity contribution in [2.24, 2.45) is 0 Å². The number of ketones is 1. The van der Waals surface area contributed by atoms with Gasteiger partial charge >= 0.3 is 6.18 Å². The summed E-state index contributed by atoms with van der Waals surface area (Å²) in [6.45, 7) is 0.630. The lowest BCUT2D eigenvalue weighted by Crippen LogP contribution is -2.24. The molecule has 0 amide bonds. The summed E-state index contributed by atoms with van der Waals surface area (Å²) >= 11 is 12.3. The van der Waals surface area contributed by atoms with Crippen LogP contribution in [0.2, 0.25) is 10.0 Å². The van der Waals surface area contributed by atoms with Gasteiger partial charge in [0.2, 0.25) is 0 Å². The van der Waals surface area contributed by atoms with Gasteiger partial charge in [0.25, 0.3) is 5.78 Å². The Labute approximate surface area is 200 Å². The summed E-state index contributed by atoms with van der Waals surface area (Å²) in [7, 11) is 0. The Morgan fingerprint density at radius 3 is 2.56 bits per heavy atom. The number of nitrogens with two attached hydrogens (primary N) is 1. The van der Waals surface area contributed by atoms with Gasteiger partial charge in [-0.2, -0.15) is 18.3 Å². The number of alkyl halides is 3. The number of pyridine rings is 1. The van der Waals surface area contributed by atoms with Crippen LogP contribution in [0.4, 0.5) is 30.6 Å². The van der Waals surface area contributed by atoms with Crippen molar-refractivity contribution in [1.29, 1.82) is 0 Å². The van der Waals surface area contributed by atoms with Crippen LogP contribution in [0.1, 0.15) is 10.4 Å². The third-order valence-corrected chi connectivity index (χ3v) is 5.17. The molecule has 0 aliphatic carbocycles. The molecule has 3 aromatic heterocycles. The number of hydrogen-bond acceptors (Lipinski definition) is 8. The van der Waals surface area contributed by atoms with Crippen LogP contribution >= 0.6 is 23.2 Å². The molecule has 0 aliphatic rings. The van der Waals surface area contributed by atoms with Crippen molar-refractivity contribution < 1.29 is 18.0 Å². The van der Waals surface area contributed by atoms with Crippen LogP contribution in [0.3, 0.4) is 0 Å². The third kappa shape index (κ3) is 4.97. The molecule has 0 saturated carbocycles. The monoisotopic (exact) mass is 510 g/mol. The predicted octanol–water partition coefficient (Wildman–Crippen LogP) is 4.34. The molecule has 9 nitrogen and oxygen atoms in total. The van der Waals surface area contributed by atoms with Crippen molar-refractivity contribution in [3.63, 3.8) is 0 Å². The number of rotatable bonds is 7. The Morgan fingerprint density at radius 2 is 1.85 bits per heavy atom. The van der Waals surface area contributed by atoms with Gasteiger partial charge in [-0.05, 0) is 30.3 Å². The Kier molecular flexibility index (Phi) is 6.44. The van der Waals surface area contributed by atoms with E-state index in [1.54, 1.807) is 28.9 Å². The fourth-order valence-electron chi connectivity index (χ4n) is 3.06. The number of fused-ring (bicyclic) bond motifs is 1. The predicted molar refractivity (Wildman–Crippen MR) is 122 cm³/mol. The molecule has 4 N–H and O–H groups in total. The van der Waals surface area contributed by atoms with Gasteiger partial charge in [-0.15, -0.1) is 0 Å². The first kappa shape index (κ1) is 23.5. The summed E-state index contributed by atoms with van der Waals surface area (Å²) in [4.78, 5) is 23.9. The average molecular weight is 511 g/mol. The third-order valence-electron chi connectivity index (χ3n) is 4.62. The molecule has 0 radical (unpaired) electrons. The Morgan fingerprint density at radius 1 is 1.09 bits per heavy atom. The number of carbonyl (C=O) groups is 1. The van der Waals surface area contributed by atoms with E-state index in [0.29, 0.717) is 45.9 Å². The highest BCUT2D eigenvalue weighted by Crippen LogP contribution is 2.30. The molecule has 14 heteroatoms. The van der Waals surface area contributed by atoms with E-state index in [1.165, 1.54) is 12.4 Å². The second-order valence-corrected chi connectivity index (χ2v) is 7.78. The van der Waals surface area contributed by atoms with E-state index in [4.69, 9.17) is 28.9 Å². The first-order chi connectivity index (χ1) is 16.1. The summed E-state index contributed by atoms with van der Waals surface area (Å²) in [5.41, 5.74) is 6.49. The lowest BCUT2D eigenvalue weighted by Gasteiger charge is -2.12. The molecule has 4 rings (SSSR count). The lowest BCUT2D eigenvalue weighted by atomic mass is 10.1. The van der Waals surface area contributed by atoms with Crippen molar-refractivity contribution in [2.45, 2.75) is 6.18 Å². The van der Waals surface area contributed by atoms with Crippen LogP contribution in [0.5, 0.6) is 0 Å². The molecular weight excluding hydrogens is 496 g/mol. The molecule has 0 saturated heterocycles. The number of Topliss-reactive ketones (excluding diaryl/α,β-unsaturated/α-hetero) is 1. The molecule has 0 bridgehead atoms. The average Bonchev–Trinajstić information content (AvgIpc) is 3.24. The van der Waals surface area contributed by atoms with Crippen molar-refractivity contribution in [3.05, 3.63) is 58.5 Å². The van der Waals surface area contributed by atoms with E-state index in [2.05, 4.69) is 30.7 Å². The van der Waals surface area contributed by atoms with E-state index in [-0.39, 0.29) is 5.82 Å². The summed E-state index contributed by atoms with van der Waals surface area (Å²) in [6.07, 6.45) is -1.97. The first-order valence-corrected chi connectivity index (χ1v) is 10.4. The molecule has 176 valence electrons. The number of benzene rings is 1. The zero-order valence-corrected chi connectivity index (χ0v) is 18.6. The minimum atomic E-state index is -5.03. The molecular formula is C20H15Cl2F3N8O. The maximum Gasteiger partial charge on any atom is 0.455 e. The van der Waals surface area contributed by atoms with E-state index in [1.807, 2.05) is 0 Å². The van der Waals surface area contributed by atoms with Crippen LogP contribution < -0.4 is 16.4 Å². The zero-order valence-electron chi connectivity index (χ0n) is 17.1. The van der Waals surface area contributed by atoms with Crippen molar-refractivity contribution >= 4 is 52.1 Å². The normalized spacial score (nSPS) is 11.6. The number of nitrogens with zero attached hydrogens (tertiary/aromatic N) is 5. The molecule has 0 fully saturated rings. The van der Waals surface area contributed by atoms with E-state index >= 15 is 0 Å². The lowest BCUT2D eigenvalue weighted by molar-refractivity contribution is -0.0884. The van der Waals surface area contributed by atoms with Crippen molar-refractivity contribution in [3.8, 4) is 11.3 Å². The smallest absolute Gasteiger partial charge is 0.383 e. The number of nitrogen functional groups attached to an aromatic ring is 1. The van der Waals surface area contributed by atoms with Crippen LogP contribution in [-0.4, -0.2) is 49.6 Å². The van der Waals surface area contributed by atoms with Gasteiger partial charge in [0.15, 0.2) is 11.5 Å². The van der Waals surface area contributed by atoms with Gasteiger partial charge in [0, 0.05) is 23.7 Å². The molecule has 3 heterocycles. The summed E-state index contributed by atoms with van der Waals surface area (Å²) in [5, 5.41) is 11.1. The molecule has 0 aliphatic heterocycles. The summed E-state index contributed by atoms with van der Waals surface area (Å²) < 4.78 is 39.3. The van der Waals surface area contributed by atoms with E-state index in [9.17, 15) is 18.0 Å². The quantitative estimate of drug-likeness (QED) is 0.247. The number of nitrogens with one attached hydrogen (secondary N) is 2. The van der Waals surface area contributed by atoms with Crippen molar-refractivity contribution in [2.75, 3.05) is 29.5 Å². The highest BCUT2D eigenvalue weighted by molar-refractivity contribution is 6.36. The zero-order chi connectivity index (χ0) is 24.5. The summed E-state index contributed by atoms with van der Waals surface area (Å²) in [5.74, 6) is -1.92. The maximum atomic E-state index is 12.6. The minimum Gasteiger partial charge on any atom is -0.383 e. The molecule has 0 spiro atoms. The van der Waals surface area contributed by atoms with Gasteiger partial charge in [-0.3, -0.25) is 4.79 Å². The SMILES string of the molecule is Nc1nc(NCCNc2nc(-c3ccc(Cl)cc3Cl)cn3ncnc23)ccc1C(=O)C(F)(F)F. The van der Waals surface area contributed by atoms with Crippen LogP contribution in [-0.2, 0) is 0 Å². The fourth-order valence-corrected chi connectivity index (χ4v) is 3.57. The van der Waals surface area contributed by atoms with E-state index in [0.717, 1.165) is 6.07 Å². The molecule has 1 aromatic carbocycles. The Bertz CT molecular complexity index is 1380. The number of aromatic nitrogens is 5. The topological polar surface area (TPSA) is 123 Å². The maximum absolute atomic E-state index is 12.6. The minimum absolute atomic E-state index is 0.209. The standard InChI is InChI=1S/C20H15Cl2F3N8O/c21-10-1-2-11(13(22)7-10)14-8-33-19(29-9-30-33)18(31-14)28-6-5-27-15-4-3-12(17(26)32-15)16(34)20(23,24)25/h1-4,7-9H,5-6H2,(H,28,31)(H3,26,27,32). The Balaban J connectivity index is 1.46. The molecule has 0 atom stereocenters. The second kappa shape index (κ2) is 9.31. The largest absolute Gasteiger partial charge is 0.455 e. The number of carbonyl (C=O) groups excluding carboxylic acids is 1. The van der Waals surface area contributed by atoms with Crippen LogP contribution in [0.15, 0.2) is 42.9 Å². The van der Waals surface area contributed by atoms with Crippen molar-refractivity contribution in [1.82, 2.24) is 24.6 Å². The van der Waals surface area contributed by atoms with Gasteiger partial charge in [0.1, 0.15) is 18.0 Å². The first-order valence-electron chi connectivity index (χ1n) is 9.65. The van der Waals surface area contributed by atoms with E-state index < -0.39 is 23.3 Å². The molecule has 0 unspecified atom stereocenters. The Hall–Kier alpha value is -3.64. The number of anilines is 3. The number of hydrogen-bond donors (Lipinski definition) is 3. The second-order valence-electron chi connectivity index (χ2n) is 6.94. The highest BCUT2D eigenvalue weighted by Gasteiger charge is 2.40. The van der Waals surface area contributed by atoms with Gasteiger partial charge in [-0.1, -0.05) is 23.2 Å². The van der Waals surface area contributed by atoms with Gasteiger partial charge in [0.05, 0.1) is 22.5 Å². The van der Waals surface area contributed by atoms with Crippen LogP contribution in [0.25, 0.3) is 16.9 Å². The fraction of sp³-hybridized carbons (Fsp3) is 0.150. The molecule has 34 heavy (non-hydrogen) atoms. The highest BCUT2D eigenvalue weighted by atomic mass is 35.5. The summed E-state index contributed by atoms with van der Waals surface area (Å²) in [6, 6.07) is 7.26. The molecule has 4 aromatic rings. The van der Waals surface area contributed by atoms with Gasteiger partial charge in [-0.25, -0.2) is 19.5 Å². The van der Waals surface area contributed by atoms with Crippen LogP contribution in [0, 0.1) is 0 Å². The van der Waals surface area contributed by atoms with Gasteiger partial charge < -0.3 is 16.4 Å². The number of halogens is 5.